The first-order chi connectivity index (χ1) is 12.7. The largest absolute Gasteiger partial charge is 0.465 e. The lowest BCUT2D eigenvalue weighted by molar-refractivity contribution is -0.142. The number of aliphatic hydroxyl groups is 1. The Morgan fingerprint density at radius 1 is 1.44 bits per heavy atom. The van der Waals surface area contributed by atoms with Crippen molar-refractivity contribution >= 4 is 11.9 Å². The number of carbonyl (C=O) groups excluding carboxylic acids is 2. The van der Waals surface area contributed by atoms with Crippen molar-refractivity contribution < 1.29 is 28.6 Å². The zero-order valence-corrected chi connectivity index (χ0v) is 15.8. The third kappa shape index (κ3) is 2.83. The summed E-state index contributed by atoms with van der Waals surface area (Å²) in [6, 6.07) is 1.75. The van der Waals surface area contributed by atoms with Gasteiger partial charge in [0.15, 0.2) is 0 Å². The molecule has 0 saturated heterocycles. The van der Waals surface area contributed by atoms with E-state index in [4.69, 9.17) is 13.9 Å². The third-order valence-corrected chi connectivity index (χ3v) is 6.30. The van der Waals surface area contributed by atoms with Crippen LogP contribution in [-0.4, -0.2) is 36.4 Å². The van der Waals surface area contributed by atoms with Gasteiger partial charge in [-0.3, -0.25) is 0 Å². The van der Waals surface area contributed by atoms with E-state index in [1.165, 1.54) is 7.11 Å². The second kappa shape index (κ2) is 6.09. The van der Waals surface area contributed by atoms with E-state index in [1.807, 2.05) is 13.8 Å². The number of fused-ring (bicyclic) bond motifs is 6. The number of hydrogen-bond acceptors (Lipinski definition) is 6. The summed E-state index contributed by atoms with van der Waals surface area (Å²) >= 11 is 0. The van der Waals surface area contributed by atoms with Crippen molar-refractivity contribution in [3.63, 3.8) is 0 Å². The summed E-state index contributed by atoms with van der Waals surface area (Å²) in [6.45, 7) is 7.91. The number of methoxy groups -OCH3 is 1. The molecule has 27 heavy (non-hydrogen) atoms. The summed E-state index contributed by atoms with van der Waals surface area (Å²) in [5.41, 5.74) is 1.29. The summed E-state index contributed by atoms with van der Waals surface area (Å²) in [4.78, 5) is 24.5. The van der Waals surface area contributed by atoms with Crippen LogP contribution in [0.1, 0.15) is 54.5 Å². The van der Waals surface area contributed by atoms with Gasteiger partial charge in [0.2, 0.25) is 0 Å². The quantitative estimate of drug-likeness (QED) is 0.635. The van der Waals surface area contributed by atoms with Crippen molar-refractivity contribution in [1.29, 1.82) is 0 Å². The van der Waals surface area contributed by atoms with E-state index in [0.29, 0.717) is 35.5 Å². The minimum Gasteiger partial charge on any atom is -0.465 e. The summed E-state index contributed by atoms with van der Waals surface area (Å²) in [7, 11) is 1.35. The lowest BCUT2D eigenvalue weighted by Gasteiger charge is -2.20. The highest BCUT2D eigenvalue weighted by atomic mass is 16.6. The van der Waals surface area contributed by atoms with Crippen molar-refractivity contribution in [1.82, 2.24) is 0 Å². The monoisotopic (exact) mass is 372 g/mol. The number of carbonyl (C=O) groups is 2. The van der Waals surface area contributed by atoms with Gasteiger partial charge < -0.3 is 19.0 Å². The second-order valence-corrected chi connectivity index (χ2v) is 8.19. The molecule has 6 nitrogen and oxygen atoms in total. The number of aliphatic hydroxyl groups excluding tert-OH is 1. The summed E-state index contributed by atoms with van der Waals surface area (Å²) < 4.78 is 16.6. The van der Waals surface area contributed by atoms with Crippen molar-refractivity contribution in [2.45, 2.75) is 51.2 Å². The minimum absolute atomic E-state index is 0.0444. The van der Waals surface area contributed by atoms with E-state index < -0.39 is 24.1 Å². The standard InChI is InChI=1S/C21H24O6/c1-10(2)11-5-15(22)12-8-18(27-20(12)24)21(3)9-14(21)17-7-13(19(23)25-4)16(6-11)26-17/h7-8,11,14-15,18,22H,1,5-6,9H2,2-4H3/t11-,14+,15-,18-,21-/m1/s1. The maximum Gasteiger partial charge on any atom is 0.341 e. The third-order valence-electron chi connectivity index (χ3n) is 6.30. The fourth-order valence-corrected chi connectivity index (χ4v) is 4.28. The molecule has 144 valence electrons. The van der Waals surface area contributed by atoms with Crippen LogP contribution in [0, 0.1) is 11.3 Å². The zero-order valence-electron chi connectivity index (χ0n) is 15.8. The second-order valence-electron chi connectivity index (χ2n) is 8.19. The van der Waals surface area contributed by atoms with Crippen LogP contribution in [0.15, 0.2) is 34.3 Å². The average Bonchev–Trinajstić information content (AvgIpc) is 2.96. The first kappa shape index (κ1) is 18.0. The lowest BCUT2D eigenvalue weighted by Crippen LogP contribution is -2.22. The fraction of sp³-hybridized carbons (Fsp3) is 0.524. The van der Waals surface area contributed by atoms with E-state index in [-0.39, 0.29) is 17.3 Å². The van der Waals surface area contributed by atoms with Gasteiger partial charge in [0.1, 0.15) is 23.2 Å². The van der Waals surface area contributed by atoms with Crippen LogP contribution in [0.2, 0.25) is 0 Å². The molecule has 6 heteroatoms. The van der Waals surface area contributed by atoms with Gasteiger partial charge in [-0.2, -0.15) is 0 Å². The van der Waals surface area contributed by atoms with Gasteiger partial charge >= 0.3 is 11.9 Å². The highest BCUT2D eigenvalue weighted by Gasteiger charge is 2.60. The molecule has 0 radical (unpaired) electrons. The predicted molar refractivity (Wildman–Crippen MR) is 96.1 cm³/mol. The van der Waals surface area contributed by atoms with Crippen molar-refractivity contribution in [2.24, 2.45) is 11.3 Å². The number of allylic oxidation sites excluding steroid dienone is 1. The first-order valence-corrected chi connectivity index (χ1v) is 9.21. The molecule has 1 aromatic rings. The van der Waals surface area contributed by atoms with Crippen LogP contribution in [0.3, 0.4) is 0 Å². The van der Waals surface area contributed by atoms with Gasteiger partial charge in [-0.05, 0) is 37.8 Å². The molecule has 4 rings (SSSR count). The molecular weight excluding hydrogens is 348 g/mol. The molecule has 1 aromatic heterocycles. The van der Waals surface area contributed by atoms with E-state index in [1.54, 1.807) is 12.1 Å². The summed E-state index contributed by atoms with van der Waals surface area (Å²) in [5.74, 6) is 0.261. The molecule has 3 heterocycles. The molecule has 5 atom stereocenters. The highest BCUT2D eigenvalue weighted by Crippen LogP contribution is 2.63. The number of ether oxygens (including phenoxy) is 2. The first-order valence-electron chi connectivity index (χ1n) is 9.21. The zero-order chi connectivity index (χ0) is 19.5. The maximum absolute atomic E-state index is 12.3. The number of rotatable bonds is 2. The molecular formula is C21H24O6. The molecule has 0 spiro atoms. The molecule has 1 saturated carbocycles. The maximum atomic E-state index is 12.3. The molecule has 2 aliphatic heterocycles. The summed E-state index contributed by atoms with van der Waals surface area (Å²) in [5, 5.41) is 10.7. The topological polar surface area (TPSA) is 86.0 Å². The Balaban J connectivity index is 1.80. The van der Waals surface area contributed by atoms with E-state index in [9.17, 15) is 14.7 Å². The Labute approximate surface area is 157 Å². The van der Waals surface area contributed by atoms with E-state index in [2.05, 4.69) is 6.58 Å². The molecule has 1 fully saturated rings. The molecule has 1 N–H and O–H groups in total. The molecule has 1 aliphatic carbocycles. The van der Waals surface area contributed by atoms with Crippen LogP contribution in [0.4, 0.5) is 0 Å². The van der Waals surface area contributed by atoms with Crippen LogP contribution in [0.25, 0.3) is 0 Å². The van der Waals surface area contributed by atoms with Gasteiger partial charge in [0.25, 0.3) is 0 Å². The molecule has 0 unspecified atom stereocenters. The van der Waals surface area contributed by atoms with Gasteiger partial charge in [0.05, 0.1) is 18.8 Å². The van der Waals surface area contributed by atoms with Crippen molar-refractivity contribution in [2.75, 3.05) is 7.11 Å². The number of hydrogen-bond donors (Lipinski definition) is 1. The van der Waals surface area contributed by atoms with Gasteiger partial charge in [-0.1, -0.05) is 19.1 Å². The highest BCUT2D eigenvalue weighted by molar-refractivity contribution is 5.92. The number of furan rings is 1. The Kier molecular flexibility index (Phi) is 4.07. The SMILES string of the molecule is C=C(C)[C@H]1Cc2oc(cc2C(=O)OC)[C@@H]2C[C@@]2(C)[C@H]2C=C(C(=O)O2)[C@H](O)C1. The van der Waals surface area contributed by atoms with Crippen molar-refractivity contribution in [3.05, 3.63) is 47.0 Å². The normalized spacial score (nSPS) is 34.5. The minimum atomic E-state index is -0.944. The molecule has 0 aromatic carbocycles. The molecule has 0 amide bonds. The average molecular weight is 372 g/mol. The van der Waals surface area contributed by atoms with Gasteiger partial charge in [0, 0.05) is 17.8 Å². The van der Waals surface area contributed by atoms with Crippen LogP contribution >= 0.6 is 0 Å². The van der Waals surface area contributed by atoms with E-state index in [0.717, 1.165) is 12.0 Å². The smallest absolute Gasteiger partial charge is 0.341 e. The lowest BCUT2D eigenvalue weighted by atomic mass is 9.87. The number of esters is 2. The van der Waals surface area contributed by atoms with Gasteiger partial charge in [-0.25, -0.2) is 9.59 Å². The Bertz CT molecular complexity index is 862. The Morgan fingerprint density at radius 2 is 2.19 bits per heavy atom. The van der Waals surface area contributed by atoms with Crippen LogP contribution in [0.5, 0.6) is 0 Å². The van der Waals surface area contributed by atoms with E-state index >= 15 is 0 Å². The van der Waals surface area contributed by atoms with Crippen LogP contribution in [-0.2, 0) is 20.7 Å². The van der Waals surface area contributed by atoms with Crippen molar-refractivity contribution in [3.8, 4) is 0 Å². The van der Waals surface area contributed by atoms with Crippen LogP contribution < -0.4 is 0 Å². The molecule has 3 aliphatic rings. The fourth-order valence-electron chi connectivity index (χ4n) is 4.28. The predicted octanol–water partition coefficient (Wildman–Crippen LogP) is 2.91. The Hall–Kier alpha value is -2.34. The van der Waals surface area contributed by atoms with Gasteiger partial charge in [-0.15, -0.1) is 0 Å². The summed E-state index contributed by atoms with van der Waals surface area (Å²) in [6.07, 6.45) is 1.90. The Morgan fingerprint density at radius 3 is 2.85 bits per heavy atom. The molecule has 4 bridgehead atoms.